The standard InChI is InChI=1S/C14H18N2O5/c1-20-14(17)11-7-8-12(16(18)19)13(15-11)21-9-10-5-3-2-4-6-10/h7-8,10H,2-6,9H2,1H3. The molecular formula is C14H18N2O5. The van der Waals surface area contributed by atoms with E-state index in [2.05, 4.69) is 9.72 Å². The van der Waals surface area contributed by atoms with Crippen LogP contribution >= 0.6 is 0 Å². The molecule has 0 unspecified atom stereocenters. The number of ether oxygens (including phenoxy) is 2. The summed E-state index contributed by atoms with van der Waals surface area (Å²) in [6.45, 7) is 0.387. The fourth-order valence-corrected chi connectivity index (χ4v) is 2.45. The molecule has 1 heterocycles. The first-order valence-electron chi connectivity index (χ1n) is 6.98. The highest BCUT2D eigenvalue weighted by atomic mass is 16.6. The Morgan fingerprint density at radius 1 is 1.38 bits per heavy atom. The minimum absolute atomic E-state index is 0.00161. The molecule has 1 aromatic heterocycles. The molecule has 7 heteroatoms. The lowest BCUT2D eigenvalue weighted by Crippen LogP contribution is -2.17. The van der Waals surface area contributed by atoms with E-state index in [4.69, 9.17) is 4.74 Å². The summed E-state index contributed by atoms with van der Waals surface area (Å²) in [5.41, 5.74) is -0.236. The number of rotatable bonds is 5. The molecule has 0 aromatic carbocycles. The van der Waals surface area contributed by atoms with Crippen LogP contribution in [0.3, 0.4) is 0 Å². The molecule has 1 aliphatic carbocycles. The zero-order chi connectivity index (χ0) is 15.2. The van der Waals surface area contributed by atoms with Gasteiger partial charge in [-0.15, -0.1) is 0 Å². The highest BCUT2D eigenvalue weighted by Gasteiger charge is 2.22. The normalized spacial score (nSPS) is 15.5. The van der Waals surface area contributed by atoms with Gasteiger partial charge in [0.2, 0.25) is 0 Å². The van der Waals surface area contributed by atoms with E-state index in [0.29, 0.717) is 12.5 Å². The third-order valence-corrected chi connectivity index (χ3v) is 3.61. The van der Waals surface area contributed by atoms with E-state index in [1.807, 2.05) is 0 Å². The number of carbonyl (C=O) groups is 1. The zero-order valence-corrected chi connectivity index (χ0v) is 11.9. The second kappa shape index (κ2) is 7.01. The average Bonchev–Trinajstić information content (AvgIpc) is 2.52. The largest absolute Gasteiger partial charge is 0.472 e. The van der Waals surface area contributed by atoms with Crippen molar-refractivity contribution in [2.75, 3.05) is 13.7 Å². The first-order chi connectivity index (χ1) is 10.1. The molecule has 1 aromatic rings. The maximum absolute atomic E-state index is 11.4. The molecule has 1 saturated carbocycles. The second-order valence-corrected chi connectivity index (χ2v) is 5.08. The van der Waals surface area contributed by atoms with Crippen molar-refractivity contribution < 1.29 is 19.2 Å². The van der Waals surface area contributed by atoms with Gasteiger partial charge in [0.1, 0.15) is 0 Å². The van der Waals surface area contributed by atoms with Crippen molar-refractivity contribution in [2.45, 2.75) is 32.1 Å². The summed E-state index contributed by atoms with van der Waals surface area (Å²) in [5, 5.41) is 11.0. The van der Waals surface area contributed by atoms with Crippen molar-refractivity contribution in [1.82, 2.24) is 4.98 Å². The Bertz CT molecular complexity index is 526. The topological polar surface area (TPSA) is 91.6 Å². The van der Waals surface area contributed by atoms with Crippen molar-refractivity contribution in [2.24, 2.45) is 5.92 Å². The highest BCUT2D eigenvalue weighted by molar-refractivity contribution is 5.87. The third kappa shape index (κ3) is 3.90. The van der Waals surface area contributed by atoms with E-state index in [1.54, 1.807) is 0 Å². The van der Waals surface area contributed by atoms with E-state index in [0.717, 1.165) is 25.7 Å². The van der Waals surface area contributed by atoms with Crippen molar-refractivity contribution in [3.63, 3.8) is 0 Å². The van der Waals surface area contributed by atoms with E-state index >= 15 is 0 Å². The number of hydrogen-bond donors (Lipinski definition) is 0. The summed E-state index contributed by atoms with van der Waals surface area (Å²) in [7, 11) is 1.23. The summed E-state index contributed by atoms with van der Waals surface area (Å²) in [4.78, 5) is 25.8. The molecule has 0 radical (unpaired) electrons. The van der Waals surface area contributed by atoms with Crippen LogP contribution in [0.25, 0.3) is 0 Å². The second-order valence-electron chi connectivity index (χ2n) is 5.08. The number of carbonyl (C=O) groups excluding carboxylic acids is 1. The van der Waals surface area contributed by atoms with Gasteiger partial charge < -0.3 is 9.47 Å². The van der Waals surface area contributed by atoms with Gasteiger partial charge in [-0.2, -0.15) is 0 Å². The Labute approximate surface area is 122 Å². The lowest BCUT2D eigenvalue weighted by molar-refractivity contribution is -0.386. The lowest BCUT2D eigenvalue weighted by atomic mass is 9.90. The van der Waals surface area contributed by atoms with Gasteiger partial charge in [-0.25, -0.2) is 9.78 Å². The predicted octanol–water partition coefficient (Wildman–Crippen LogP) is 2.74. The Morgan fingerprint density at radius 2 is 2.10 bits per heavy atom. The Hall–Kier alpha value is -2.18. The zero-order valence-electron chi connectivity index (χ0n) is 11.9. The number of hydrogen-bond acceptors (Lipinski definition) is 6. The molecule has 1 aliphatic rings. The molecule has 0 atom stereocenters. The fraction of sp³-hybridized carbons (Fsp3) is 0.571. The molecule has 0 saturated heterocycles. The van der Waals surface area contributed by atoms with Crippen LogP contribution in [0.15, 0.2) is 12.1 Å². The van der Waals surface area contributed by atoms with Gasteiger partial charge in [0.15, 0.2) is 5.69 Å². The van der Waals surface area contributed by atoms with Gasteiger partial charge in [0.05, 0.1) is 18.6 Å². The van der Waals surface area contributed by atoms with E-state index in [-0.39, 0.29) is 17.3 Å². The number of aromatic nitrogens is 1. The van der Waals surface area contributed by atoms with Crippen LogP contribution in [0.2, 0.25) is 0 Å². The molecule has 114 valence electrons. The maximum Gasteiger partial charge on any atom is 0.356 e. The van der Waals surface area contributed by atoms with Gasteiger partial charge in [-0.05, 0) is 24.8 Å². The smallest absolute Gasteiger partial charge is 0.356 e. The van der Waals surface area contributed by atoms with Gasteiger partial charge in [0.25, 0.3) is 5.88 Å². The molecule has 7 nitrogen and oxygen atoms in total. The van der Waals surface area contributed by atoms with Crippen LogP contribution < -0.4 is 4.74 Å². The van der Waals surface area contributed by atoms with Crippen molar-refractivity contribution in [3.8, 4) is 5.88 Å². The summed E-state index contributed by atoms with van der Waals surface area (Å²) in [6, 6.07) is 2.48. The minimum Gasteiger partial charge on any atom is -0.472 e. The molecule has 2 rings (SSSR count). The lowest BCUT2D eigenvalue weighted by Gasteiger charge is -2.21. The van der Waals surface area contributed by atoms with E-state index in [9.17, 15) is 14.9 Å². The van der Waals surface area contributed by atoms with Crippen LogP contribution in [-0.4, -0.2) is 29.6 Å². The summed E-state index contributed by atoms with van der Waals surface area (Å²) in [6.07, 6.45) is 5.67. The first kappa shape index (κ1) is 15.2. The number of esters is 1. The first-order valence-corrected chi connectivity index (χ1v) is 6.98. The number of nitrogens with zero attached hydrogens (tertiary/aromatic N) is 2. The molecule has 0 spiro atoms. The predicted molar refractivity (Wildman–Crippen MR) is 74.3 cm³/mol. The van der Waals surface area contributed by atoms with Crippen molar-refractivity contribution in [1.29, 1.82) is 0 Å². The molecule has 21 heavy (non-hydrogen) atoms. The Morgan fingerprint density at radius 3 is 2.71 bits per heavy atom. The van der Waals surface area contributed by atoms with E-state index in [1.165, 1.54) is 25.7 Å². The number of methoxy groups -OCH3 is 1. The maximum atomic E-state index is 11.4. The van der Waals surface area contributed by atoms with Crippen LogP contribution in [0, 0.1) is 16.0 Å². The Balaban J connectivity index is 2.13. The van der Waals surface area contributed by atoms with Crippen molar-refractivity contribution in [3.05, 3.63) is 27.9 Å². The number of pyridine rings is 1. The van der Waals surface area contributed by atoms with Crippen LogP contribution in [0.4, 0.5) is 5.69 Å². The summed E-state index contributed by atoms with van der Waals surface area (Å²) < 4.78 is 10.1. The molecular weight excluding hydrogens is 276 g/mol. The number of nitro groups is 1. The van der Waals surface area contributed by atoms with Crippen molar-refractivity contribution >= 4 is 11.7 Å². The quantitative estimate of drug-likeness (QED) is 0.471. The van der Waals surface area contributed by atoms with Gasteiger partial charge in [0, 0.05) is 6.07 Å². The highest BCUT2D eigenvalue weighted by Crippen LogP contribution is 2.28. The Kier molecular flexibility index (Phi) is 5.08. The molecule has 0 N–H and O–H groups in total. The van der Waals surface area contributed by atoms with Crippen LogP contribution in [0.5, 0.6) is 5.88 Å². The molecule has 0 aliphatic heterocycles. The van der Waals surface area contributed by atoms with Crippen LogP contribution in [0.1, 0.15) is 42.6 Å². The summed E-state index contributed by atoms with van der Waals surface area (Å²) >= 11 is 0. The summed E-state index contributed by atoms with van der Waals surface area (Å²) in [5.74, 6) is -0.372. The van der Waals surface area contributed by atoms with Gasteiger partial charge >= 0.3 is 11.7 Å². The fourth-order valence-electron chi connectivity index (χ4n) is 2.45. The molecule has 1 fully saturated rings. The third-order valence-electron chi connectivity index (χ3n) is 3.61. The SMILES string of the molecule is COC(=O)c1ccc([N+](=O)[O-])c(OCC2CCCCC2)n1. The average molecular weight is 294 g/mol. The van der Waals surface area contributed by atoms with Crippen LogP contribution in [-0.2, 0) is 4.74 Å². The van der Waals surface area contributed by atoms with E-state index < -0.39 is 10.9 Å². The molecule has 0 amide bonds. The monoisotopic (exact) mass is 294 g/mol. The minimum atomic E-state index is -0.646. The molecule has 0 bridgehead atoms. The van der Waals surface area contributed by atoms with Gasteiger partial charge in [-0.3, -0.25) is 10.1 Å². The van der Waals surface area contributed by atoms with Gasteiger partial charge in [-0.1, -0.05) is 19.3 Å².